The summed E-state index contributed by atoms with van der Waals surface area (Å²) >= 11 is 3.45. The van der Waals surface area contributed by atoms with Crippen LogP contribution in [0.2, 0.25) is 0 Å². The molecule has 1 amide bonds. The number of hydrogen-bond acceptors (Lipinski definition) is 2. The van der Waals surface area contributed by atoms with Crippen LogP contribution in [0.3, 0.4) is 0 Å². The molecule has 0 saturated heterocycles. The number of hydrogen-bond donors (Lipinski definition) is 2. The quantitative estimate of drug-likeness (QED) is 0.792. The summed E-state index contributed by atoms with van der Waals surface area (Å²) < 4.78 is 0.978. The summed E-state index contributed by atoms with van der Waals surface area (Å²) in [5.74, 6) is 0.00678. The van der Waals surface area contributed by atoms with Crippen LogP contribution >= 0.6 is 28.3 Å². The SMILES string of the molecule is CCC(N)(CC)CNC(=O)C(C)(C)c1cccc(Br)c1.Cl. The van der Waals surface area contributed by atoms with E-state index in [4.69, 9.17) is 5.73 Å². The molecule has 0 aliphatic rings. The Labute approximate surface area is 142 Å². The number of benzene rings is 1. The van der Waals surface area contributed by atoms with E-state index in [0.717, 1.165) is 22.9 Å². The molecule has 0 aromatic heterocycles. The van der Waals surface area contributed by atoms with Gasteiger partial charge in [0.2, 0.25) is 5.91 Å². The second kappa shape index (κ2) is 8.16. The van der Waals surface area contributed by atoms with Gasteiger partial charge in [0.1, 0.15) is 0 Å². The van der Waals surface area contributed by atoms with Crippen LogP contribution in [0.25, 0.3) is 0 Å². The van der Waals surface area contributed by atoms with E-state index in [1.165, 1.54) is 0 Å². The lowest BCUT2D eigenvalue weighted by Gasteiger charge is -2.30. The Balaban J connectivity index is 0.00000400. The predicted molar refractivity (Wildman–Crippen MR) is 94.9 cm³/mol. The van der Waals surface area contributed by atoms with Crippen LogP contribution in [-0.4, -0.2) is 18.0 Å². The van der Waals surface area contributed by atoms with E-state index in [9.17, 15) is 4.79 Å². The fourth-order valence-electron chi connectivity index (χ4n) is 1.99. The van der Waals surface area contributed by atoms with Gasteiger partial charge in [0.25, 0.3) is 0 Å². The van der Waals surface area contributed by atoms with E-state index < -0.39 is 5.41 Å². The van der Waals surface area contributed by atoms with E-state index in [-0.39, 0.29) is 23.9 Å². The second-order valence-electron chi connectivity index (χ2n) is 5.89. The lowest BCUT2D eigenvalue weighted by atomic mass is 9.83. The minimum absolute atomic E-state index is 0. The van der Waals surface area contributed by atoms with Gasteiger partial charge in [-0.05, 0) is 44.4 Å². The Bertz CT molecular complexity index is 473. The van der Waals surface area contributed by atoms with Crippen LogP contribution in [-0.2, 0) is 10.2 Å². The molecule has 5 heteroatoms. The summed E-state index contributed by atoms with van der Waals surface area (Å²) in [6.45, 7) is 8.47. The molecule has 0 heterocycles. The van der Waals surface area contributed by atoms with Crippen LogP contribution in [0.5, 0.6) is 0 Å². The minimum Gasteiger partial charge on any atom is -0.354 e. The first-order valence-corrected chi connectivity index (χ1v) is 7.87. The van der Waals surface area contributed by atoms with Crippen molar-refractivity contribution >= 4 is 34.2 Å². The largest absolute Gasteiger partial charge is 0.354 e. The molecule has 21 heavy (non-hydrogen) atoms. The maximum absolute atomic E-state index is 12.5. The molecule has 0 aliphatic carbocycles. The molecule has 1 aromatic rings. The molecule has 1 rings (SSSR count). The maximum Gasteiger partial charge on any atom is 0.230 e. The normalized spacial score (nSPS) is 11.7. The summed E-state index contributed by atoms with van der Waals surface area (Å²) in [4.78, 5) is 12.5. The molecular formula is C16H26BrClN2O. The van der Waals surface area contributed by atoms with Crippen molar-refractivity contribution in [3.63, 3.8) is 0 Å². The fraction of sp³-hybridized carbons (Fsp3) is 0.562. The Morgan fingerprint density at radius 2 is 1.86 bits per heavy atom. The highest BCUT2D eigenvalue weighted by Gasteiger charge is 2.31. The number of nitrogens with one attached hydrogen (secondary N) is 1. The molecule has 0 atom stereocenters. The number of halogens is 2. The van der Waals surface area contributed by atoms with Gasteiger partial charge in [-0.15, -0.1) is 12.4 Å². The fourth-order valence-corrected chi connectivity index (χ4v) is 2.38. The Hall–Kier alpha value is -0.580. The molecule has 3 N–H and O–H groups in total. The van der Waals surface area contributed by atoms with Crippen molar-refractivity contribution in [2.75, 3.05) is 6.54 Å². The topological polar surface area (TPSA) is 55.1 Å². The van der Waals surface area contributed by atoms with Crippen LogP contribution < -0.4 is 11.1 Å². The monoisotopic (exact) mass is 376 g/mol. The summed E-state index contributed by atoms with van der Waals surface area (Å²) in [6, 6.07) is 7.85. The van der Waals surface area contributed by atoms with Gasteiger partial charge in [-0.25, -0.2) is 0 Å². The highest BCUT2D eigenvalue weighted by Crippen LogP contribution is 2.26. The number of nitrogens with two attached hydrogens (primary N) is 1. The standard InChI is InChI=1S/C16H25BrN2O.ClH/c1-5-16(18,6-2)11-19-14(20)15(3,4)12-8-7-9-13(17)10-12;/h7-10H,5-6,11,18H2,1-4H3,(H,19,20);1H. The molecule has 0 saturated carbocycles. The Morgan fingerprint density at radius 1 is 1.29 bits per heavy atom. The number of carbonyl (C=O) groups excluding carboxylic acids is 1. The number of carbonyl (C=O) groups is 1. The summed E-state index contributed by atoms with van der Waals surface area (Å²) in [7, 11) is 0. The molecule has 0 fully saturated rings. The van der Waals surface area contributed by atoms with E-state index in [0.29, 0.717) is 6.54 Å². The van der Waals surface area contributed by atoms with Crippen LogP contribution in [0, 0.1) is 0 Å². The van der Waals surface area contributed by atoms with E-state index >= 15 is 0 Å². The zero-order valence-corrected chi connectivity index (χ0v) is 15.6. The van der Waals surface area contributed by atoms with Crippen molar-refractivity contribution < 1.29 is 4.79 Å². The van der Waals surface area contributed by atoms with Crippen molar-refractivity contribution in [2.45, 2.75) is 51.5 Å². The average Bonchev–Trinajstić information content (AvgIpc) is 2.44. The zero-order valence-electron chi connectivity index (χ0n) is 13.2. The van der Waals surface area contributed by atoms with Gasteiger partial charge in [0.15, 0.2) is 0 Å². The van der Waals surface area contributed by atoms with Gasteiger partial charge in [0, 0.05) is 16.6 Å². The third-order valence-electron chi connectivity index (χ3n) is 4.12. The molecule has 0 spiro atoms. The average molecular weight is 378 g/mol. The lowest BCUT2D eigenvalue weighted by molar-refractivity contribution is -0.125. The first-order valence-electron chi connectivity index (χ1n) is 7.08. The van der Waals surface area contributed by atoms with Gasteiger partial charge in [-0.3, -0.25) is 4.79 Å². The molecule has 0 aliphatic heterocycles. The van der Waals surface area contributed by atoms with Crippen LogP contribution in [0.1, 0.15) is 46.1 Å². The van der Waals surface area contributed by atoms with E-state index in [1.54, 1.807) is 0 Å². The Morgan fingerprint density at radius 3 is 2.33 bits per heavy atom. The van der Waals surface area contributed by atoms with Crippen LogP contribution in [0.15, 0.2) is 28.7 Å². The van der Waals surface area contributed by atoms with Crippen molar-refractivity contribution in [1.82, 2.24) is 5.32 Å². The summed E-state index contributed by atoms with van der Waals surface area (Å²) in [6.07, 6.45) is 1.70. The van der Waals surface area contributed by atoms with Crippen molar-refractivity contribution in [3.05, 3.63) is 34.3 Å². The molecule has 0 unspecified atom stereocenters. The lowest BCUT2D eigenvalue weighted by Crippen LogP contribution is -2.52. The van der Waals surface area contributed by atoms with Crippen molar-refractivity contribution in [1.29, 1.82) is 0 Å². The molecule has 3 nitrogen and oxygen atoms in total. The highest BCUT2D eigenvalue weighted by molar-refractivity contribution is 9.10. The first kappa shape index (κ1) is 20.4. The third kappa shape index (κ3) is 5.28. The van der Waals surface area contributed by atoms with E-state index in [1.807, 2.05) is 38.1 Å². The number of amides is 1. The van der Waals surface area contributed by atoms with Gasteiger partial charge < -0.3 is 11.1 Å². The highest BCUT2D eigenvalue weighted by atomic mass is 79.9. The second-order valence-corrected chi connectivity index (χ2v) is 6.80. The summed E-state index contributed by atoms with van der Waals surface area (Å²) in [5, 5.41) is 3.00. The number of rotatable bonds is 6. The van der Waals surface area contributed by atoms with Gasteiger partial charge in [-0.2, -0.15) is 0 Å². The van der Waals surface area contributed by atoms with Gasteiger partial charge in [0.05, 0.1) is 5.41 Å². The van der Waals surface area contributed by atoms with Crippen molar-refractivity contribution in [3.8, 4) is 0 Å². The molecular weight excluding hydrogens is 352 g/mol. The smallest absolute Gasteiger partial charge is 0.230 e. The Kier molecular flexibility index (Phi) is 7.93. The zero-order chi connectivity index (χ0) is 15.4. The molecule has 120 valence electrons. The van der Waals surface area contributed by atoms with Gasteiger partial charge >= 0.3 is 0 Å². The predicted octanol–water partition coefficient (Wildman–Crippen LogP) is 3.78. The van der Waals surface area contributed by atoms with Crippen LogP contribution in [0.4, 0.5) is 0 Å². The molecule has 0 radical (unpaired) electrons. The first-order chi connectivity index (χ1) is 9.25. The third-order valence-corrected chi connectivity index (χ3v) is 4.62. The minimum atomic E-state index is -0.577. The van der Waals surface area contributed by atoms with Gasteiger partial charge in [-0.1, -0.05) is 41.9 Å². The van der Waals surface area contributed by atoms with E-state index in [2.05, 4.69) is 35.1 Å². The van der Waals surface area contributed by atoms with Crippen molar-refractivity contribution in [2.24, 2.45) is 5.73 Å². The summed E-state index contributed by atoms with van der Waals surface area (Å²) in [5.41, 5.74) is 6.32. The maximum atomic E-state index is 12.5. The molecule has 1 aromatic carbocycles. The molecule has 0 bridgehead atoms.